The van der Waals surface area contributed by atoms with Crippen molar-refractivity contribution in [3.8, 4) is 5.75 Å². The van der Waals surface area contributed by atoms with Crippen molar-refractivity contribution >= 4 is 17.3 Å². The van der Waals surface area contributed by atoms with Gasteiger partial charge in [0, 0.05) is 6.07 Å². The van der Waals surface area contributed by atoms with Gasteiger partial charge in [-0.1, -0.05) is 24.3 Å². The molecular formula is C15H14N2O4. The summed E-state index contributed by atoms with van der Waals surface area (Å²) in [5.74, 6) is -0.0265. The Morgan fingerprint density at radius 2 is 1.86 bits per heavy atom. The number of ether oxygens (including phenoxy) is 1. The topological polar surface area (TPSA) is 81.5 Å². The fourth-order valence-corrected chi connectivity index (χ4v) is 1.87. The van der Waals surface area contributed by atoms with Crippen LogP contribution in [0.2, 0.25) is 0 Å². The maximum atomic E-state index is 12.2. The highest BCUT2D eigenvalue weighted by atomic mass is 16.6. The van der Waals surface area contributed by atoms with Crippen LogP contribution < -0.4 is 10.1 Å². The number of carbonyl (C=O) groups excluding carboxylic acids is 1. The third kappa shape index (κ3) is 3.36. The molecule has 21 heavy (non-hydrogen) atoms. The largest absolute Gasteiger partial charge is 0.492 e. The summed E-state index contributed by atoms with van der Waals surface area (Å²) in [6, 6.07) is 12.7. The van der Waals surface area contributed by atoms with Crippen molar-refractivity contribution in [2.75, 3.05) is 11.9 Å². The second kappa shape index (κ2) is 6.51. The Bertz CT molecular complexity index is 670. The van der Waals surface area contributed by atoms with Crippen LogP contribution in [0.4, 0.5) is 11.4 Å². The van der Waals surface area contributed by atoms with Crippen LogP contribution in [0.5, 0.6) is 5.75 Å². The monoisotopic (exact) mass is 286 g/mol. The zero-order valence-corrected chi connectivity index (χ0v) is 11.4. The van der Waals surface area contributed by atoms with Gasteiger partial charge in [0.25, 0.3) is 11.6 Å². The van der Waals surface area contributed by atoms with Crippen LogP contribution in [-0.2, 0) is 0 Å². The molecule has 0 saturated carbocycles. The fourth-order valence-electron chi connectivity index (χ4n) is 1.87. The van der Waals surface area contributed by atoms with Gasteiger partial charge in [-0.2, -0.15) is 0 Å². The molecule has 0 saturated heterocycles. The number of hydrogen-bond acceptors (Lipinski definition) is 4. The molecule has 1 N–H and O–H groups in total. The number of nitro benzene ring substituents is 1. The smallest absolute Gasteiger partial charge is 0.282 e. The van der Waals surface area contributed by atoms with Gasteiger partial charge in [-0.15, -0.1) is 0 Å². The molecule has 0 aliphatic rings. The quantitative estimate of drug-likeness (QED) is 0.675. The van der Waals surface area contributed by atoms with E-state index in [0.717, 1.165) is 0 Å². The standard InChI is InChI=1S/C15H14N2O4/c1-2-21-14-10-6-4-8-12(14)16-15(18)11-7-3-5-9-13(11)17(19)20/h3-10H,2H2,1H3,(H,16,18). The van der Waals surface area contributed by atoms with Crippen molar-refractivity contribution in [2.45, 2.75) is 6.92 Å². The number of nitrogens with zero attached hydrogens (tertiary/aromatic N) is 1. The number of anilines is 1. The highest BCUT2D eigenvalue weighted by molar-refractivity contribution is 6.07. The summed E-state index contributed by atoms with van der Waals surface area (Å²) >= 11 is 0. The molecule has 0 atom stereocenters. The molecule has 0 aliphatic carbocycles. The summed E-state index contributed by atoms with van der Waals surface area (Å²) < 4.78 is 5.40. The summed E-state index contributed by atoms with van der Waals surface area (Å²) in [5.41, 5.74) is 0.250. The number of nitro groups is 1. The predicted molar refractivity (Wildman–Crippen MR) is 78.7 cm³/mol. The normalized spacial score (nSPS) is 9.95. The van der Waals surface area contributed by atoms with Crippen LogP contribution in [0.1, 0.15) is 17.3 Å². The molecule has 0 heterocycles. The first-order valence-corrected chi connectivity index (χ1v) is 6.40. The summed E-state index contributed by atoms with van der Waals surface area (Å²) in [6.07, 6.45) is 0. The molecule has 6 heteroatoms. The molecule has 0 aliphatic heterocycles. The number of nitrogens with one attached hydrogen (secondary N) is 1. The minimum absolute atomic E-state index is 0.00815. The van der Waals surface area contributed by atoms with Gasteiger partial charge < -0.3 is 10.1 Å². The van der Waals surface area contributed by atoms with Crippen molar-refractivity contribution < 1.29 is 14.5 Å². The first kappa shape index (κ1) is 14.5. The second-order valence-corrected chi connectivity index (χ2v) is 4.16. The highest BCUT2D eigenvalue weighted by Gasteiger charge is 2.20. The number of amides is 1. The van der Waals surface area contributed by atoms with E-state index >= 15 is 0 Å². The summed E-state index contributed by atoms with van der Waals surface area (Å²) in [4.78, 5) is 22.6. The Balaban J connectivity index is 2.29. The van der Waals surface area contributed by atoms with E-state index in [1.165, 1.54) is 18.2 Å². The Labute approximate surface area is 121 Å². The van der Waals surface area contributed by atoms with Gasteiger partial charge in [-0.3, -0.25) is 14.9 Å². The molecule has 0 aromatic heterocycles. The zero-order valence-electron chi connectivity index (χ0n) is 11.4. The molecule has 2 rings (SSSR count). The van der Waals surface area contributed by atoms with Gasteiger partial charge >= 0.3 is 0 Å². The average molecular weight is 286 g/mol. The minimum Gasteiger partial charge on any atom is -0.492 e. The first-order valence-electron chi connectivity index (χ1n) is 6.40. The maximum absolute atomic E-state index is 12.2. The van der Waals surface area contributed by atoms with E-state index in [2.05, 4.69) is 5.32 Å². The predicted octanol–water partition coefficient (Wildman–Crippen LogP) is 3.25. The molecule has 2 aromatic rings. The Hall–Kier alpha value is -2.89. The summed E-state index contributed by atoms with van der Waals surface area (Å²) in [7, 11) is 0. The van der Waals surface area contributed by atoms with Crippen LogP contribution in [0.25, 0.3) is 0 Å². The third-order valence-corrected chi connectivity index (χ3v) is 2.78. The molecule has 0 bridgehead atoms. The van der Waals surface area contributed by atoms with Crippen LogP contribution in [0.3, 0.4) is 0 Å². The molecule has 0 fully saturated rings. The highest BCUT2D eigenvalue weighted by Crippen LogP contribution is 2.26. The van der Waals surface area contributed by atoms with Crippen LogP contribution in [-0.4, -0.2) is 17.4 Å². The Morgan fingerprint density at radius 1 is 1.19 bits per heavy atom. The van der Waals surface area contributed by atoms with Crippen molar-refractivity contribution in [3.05, 3.63) is 64.2 Å². The lowest BCUT2D eigenvalue weighted by Crippen LogP contribution is -2.14. The lowest BCUT2D eigenvalue weighted by Gasteiger charge is -2.11. The molecule has 1 amide bonds. The van der Waals surface area contributed by atoms with E-state index in [0.29, 0.717) is 18.0 Å². The summed E-state index contributed by atoms with van der Waals surface area (Å²) in [5, 5.41) is 13.6. The Kier molecular flexibility index (Phi) is 4.50. The van der Waals surface area contributed by atoms with Gasteiger partial charge in [-0.25, -0.2) is 0 Å². The zero-order chi connectivity index (χ0) is 15.2. The minimum atomic E-state index is -0.580. The number of hydrogen-bond donors (Lipinski definition) is 1. The van der Waals surface area contributed by atoms with Gasteiger partial charge in [-0.05, 0) is 25.1 Å². The molecule has 6 nitrogen and oxygen atoms in total. The lowest BCUT2D eigenvalue weighted by atomic mass is 10.1. The van der Waals surface area contributed by atoms with Crippen molar-refractivity contribution in [1.29, 1.82) is 0 Å². The molecule has 0 radical (unpaired) electrons. The van der Waals surface area contributed by atoms with E-state index in [4.69, 9.17) is 4.74 Å². The van der Waals surface area contributed by atoms with Gasteiger partial charge in [0.05, 0.1) is 17.2 Å². The SMILES string of the molecule is CCOc1ccccc1NC(=O)c1ccccc1[N+](=O)[O-]. The summed E-state index contributed by atoms with van der Waals surface area (Å²) in [6.45, 7) is 2.29. The van der Waals surface area contributed by atoms with Gasteiger partial charge in [0.15, 0.2) is 0 Å². The van der Waals surface area contributed by atoms with Crippen molar-refractivity contribution in [1.82, 2.24) is 0 Å². The van der Waals surface area contributed by atoms with E-state index in [-0.39, 0.29) is 11.3 Å². The lowest BCUT2D eigenvalue weighted by molar-refractivity contribution is -0.385. The molecular weight excluding hydrogens is 272 g/mol. The van der Waals surface area contributed by atoms with Crippen LogP contribution in [0, 0.1) is 10.1 Å². The number of benzene rings is 2. The third-order valence-electron chi connectivity index (χ3n) is 2.78. The van der Waals surface area contributed by atoms with Crippen LogP contribution in [0.15, 0.2) is 48.5 Å². The van der Waals surface area contributed by atoms with Crippen LogP contribution >= 0.6 is 0 Å². The number of carbonyl (C=O) groups is 1. The average Bonchev–Trinajstić information content (AvgIpc) is 2.49. The Morgan fingerprint density at radius 3 is 2.57 bits per heavy atom. The van der Waals surface area contributed by atoms with Gasteiger partial charge in [0.1, 0.15) is 11.3 Å². The van der Waals surface area contributed by atoms with Crippen molar-refractivity contribution in [2.24, 2.45) is 0 Å². The van der Waals surface area contributed by atoms with Gasteiger partial charge in [0.2, 0.25) is 0 Å². The number of para-hydroxylation sites is 3. The maximum Gasteiger partial charge on any atom is 0.282 e. The first-order chi connectivity index (χ1) is 10.1. The molecule has 108 valence electrons. The van der Waals surface area contributed by atoms with E-state index in [1.54, 1.807) is 30.3 Å². The molecule has 0 unspecified atom stereocenters. The number of rotatable bonds is 5. The fraction of sp³-hybridized carbons (Fsp3) is 0.133. The second-order valence-electron chi connectivity index (χ2n) is 4.16. The van der Waals surface area contributed by atoms with Crippen molar-refractivity contribution in [3.63, 3.8) is 0 Å². The molecule has 2 aromatic carbocycles. The van der Waals surface area contributed by atoms with E-state index < -0.39 is 10.8 Å². The van der Waals surface area contributed by atoms with E-state index in [1.807, 2.05) is 6.92 Å². The van der Waals surface area contributed by atoms with E-state index in [9.17, 15) is 14.9 Å². The molecule has 0 spiro atoms.